The van der Waals surface area contributed by atoms with E-state index < -0.39 is 0 Å². The number of hydrogen-bond donors (Lipinski definition) is 1. The SMILES string of the molecule is CC(CN)CC(=O)N1CCC(c2ccccc2)CC1. The highest BCUT2D eigenvalue weighted by molar-refractivity contribution is 5.76. The van der Waals surface area contributed by atoms with Crippen LogP contribution in [0.25, 0.3) is 0 Å². The Morgan fingerprint density at radius 1 is 1.32 bits per heavy atom. The number of nitrogens with two attached hydrogens (primary N) is 1. The van der Waals surface area contributed by atoms with Gasteiger partial charge in [-0.25, -0.2) is 0 Å². The van der Waals surface area contributed by atoms with Gasteiger partial charge in [0.05, 0.1) is 0 Å². The summed E-state index contributed by atoms with van der Waals surface area (Å²) in [5.74, 6) is 1.17. The molecular weight excluding hydrogens is 236 g/mol. The first-order valence-electron chi connectivity index (χ1n) is 7.23. The van der Waals surface area contributed by atoms with E-state index in [0.717, 1.165) is 25.9 Å². The maximum atomic E-state index is 12.1. The molecule has 1 amide bonds. The molecular formula is C16H24N2O. The number of carbonyl (C=O) groups is 1. The van der Waals surface area contributed by atoms with Crippen LogP contribution in [0.3, 0.4) is 0 Å². The molecule has 1 aromatic rings. The normalized spacial score (nSPS) is 18.3. The summed E-state index contributed by atoms with van der Waals surface area (Å²) in [6.07, 6.45) is 2.74. The van der Waals surface area contributed by atoms with Crippen molar-refractivity contribution >= 4 is 5.91 Å². The number of carbonyl (C=O) groups excluding carboxylic acids is 1. The molecule has 19 heavy (non-hydrogen) atoms. The monoisotopic (exact) mass is 260 g/mol. The van der Waals surface area contributed by atoms with Gasteiger partial charge in [0, 0.05) is 19.5 Å². The number of likely N-dealkylation sites (tertiary alicyclic amines) is 1. The van der Waals surface area contributed by atoms with Gasteiger partial charge in [-0.1, -0.05) is 37.3 Å². The van der Waals surface area contributed by atoms with Crippen molar-refractivity contribution in [3.63, 3.8) is 0 Å². The van der Waals surface area contributed by atoms with Crippen molar-refractivity contribution in [2.24, 2.45) is 11.7 Å². The summed E-state index contributed by atoms with van der Waals surface area (Å²) in [5.41, 5.74) is 6.98. The fourth-order valence-electron chi connectivity index (χ4n) is 2.70. The topological polar surface area (TPSA) is 46.3 Å². The van der Waals surface area contributed by atoms with Gasteiger partial charge >= 0.3 is 0 Å². The minimum absolute atomic E-state index is 0.268. The van der Waals surface area contributed by atoms with Crippen LogP contribution in [0.1, 0.15) is 37.7 Å². The van der Waals surface area contributed by atoms with E-state index >= 15 is 0 Å². The van der Waals surface area contributed by atoms with E-state index in [1.807, 2.05) is 11.8 Å². The number of rotatable bonds is 4. The predicted molar refractivity (Wildman–Crippen MR) is 77.8 cm³/mol. The summed E-state index contributed by atoms with van der Waals surface area (Å²) in [4.78, 5) is 14.1. The second-order valence-electron chi connectivity index (χ2n) is 5.61. The summed E-state index contributed by atoms with van der Waals surface area (Å²) >= 11 is 0. The number of nitrogens with zero attached hydrogens (tertiary/aromatic N) is 1. The molecule has 3 heteroatoms. The van der Waals surface area contributed by atoms with Crippen LogP contribution < -0.4 is 5.73 Å². The molecule has 1 heterocycles. The third-order valence-corrected chi connectivity index (χ3v) is 4.04. The largest absolute Gasteiger partial charge is 0.343 e. The molecule has 0 radical (unpaired) electrons. The maximum Gasteiger partial charge on any atom is 0.222 e. The zero-order valence-corrected chi connectivity index (χ0v) is 11.7. The van der Waals surface area contributed by atoms with Gasteiger partial charge in [0.15, 0.2) is 0 Å². The van der Waals surface area contributed by atoms with Crippen molar-refractivity contribution in [1.82, 2.24) is 4.90 Å². The van der Waals surface area contributed by atoms with E-state index in [1.54, 1.807) is 0 Å². The Labute approximate surface area is 115 Å². The quantitative estimate of drug-likeness (QED) is 0.903. The zero-order valence-electron chi connectivity index (χ0n) is 11.7. The number of hydrogen-bond acceptors (Lipinski definition) is 2. The molecule has 1 unspecified atom stereocenters. The molecule has 0 saturated carbocycles. The van der Waals surface area contributed by atoms with Gasteiger partial charge in [-0.15, -0.1) is 0 Å². The van der Waals surface area contributed by atoms with Gasteiger partial charge in [0.25, 0.3) is 0 Å². The van der Waals surface area contributed by atoms with E-state index in [4.69, 9.17) is 5.73 Å². The number of piperidine rings is 1. The van der Waals surface area contributed by atoms with Gasteiger partial charge in [-0.05, 0) is 36.8 Å². The fraction of sp³-hybridized carbons (Fsp3) is 0.562. The van der Waals surface area contributed by atoms with Crippen LogP contribution in [0.5, 0.6) is 0 Å². The Bertz CT molecular complexity index is 396. The molecule has 2 rings (SSSR count). The fourth-order valence-corrected chi connectivity index (χ4v) is 2.70. The average Bonchev–Trinajstić information content (AvgIpc) is 2.48. The maximum absolute atomic E-state index is 12.1. The van der Waals surface area contributed by atoms with Crippen molar-refractivity contribution in [1.29, 1.82) is 0 Å². The highest BCUT2D eigenvalue weighted by atomic mass is 16.2. The smallest absolute Gasteiger partial charge is 0.222 e. The lowest BCUT2D eigenvalue weighted by molar-refractivity contribution is -0.133. The van der Waals surface area contributed by atoms with Gasteiger partial charge < -0.3 is 10.6 Å². The predicted octanol–water partition coefficient (Wildman–Crippen LogP) is 2.38. The van der Waals surface area contributed by atoms with Crippen molar-refractivity contribution in [2.75, 3.05) is 19.6 Å². The Balaban J connectivity index is 1.84. The Morgan fingerprint density at radius 2 is 1.95 bits per heavy atom. The second kappa shape index (κ2) is 6.71. The molecule has 1 saturated heterocycles. The van der Waals surface area contributed by atoms with Crippen molar-refractivity contribution in [3.8, 4) is 0 Å². The summed E-state index contributed by atoms with van der Waals surface area (Å²) < 4.78 is 0. The van der Waals surface area contributed by atoms with Crippen molar-refractivity contribution in [3.05, 3.63) is 35.9 Å². The van der Waals surface area contributed by atoms with Crippen LogP contribution in [-0.2, 0) is 4.79 Å². The van der Waals surface area contributed by atoms with E-state index in [9.17, 15) is 4.79 Å². The van der Waals surface area contributed by atoms with Crippen LogP contribution in [0.2, 0.25) is 0 Å². The van der Waals surface area contributed by atoms with Gasteiger partial charge in [-0.2, -0.15) is 0 Å². The van der Waals surface area contributed by atoms with Crippen LogP contribution in [0, 0.1) is 5.92 Å². The lowest BCUT2D eigenvalue weighted by Crippen LogP contribution is -2.39. The molecule has 1 aliphatic rings. The Kier molecular flexibility index (Phi) is 4.97. The second-order valence-corrected chi connectivity index (χ2v) is 5.61. The third kappa shape index (κ3) is 3.80. The summed E-state index contributed by atoms with van der Waals surface area (Å²) in [7, 11) is 0. The molecule has 2 N–H and O–H groups in total. The Hall–Kier alpha value is -1.35. The summed E-state index contributed by atoms with van der Waals surface area (Å²) in [6.45, 7) is 4.40. The third-order valence-electron chi connectivity index (χ3n) is 4.04. The van der Waals surface area contributed by atoms with Crippen LogP contribution in [-0.4, -0.2) is 30.4 Å². The molecule has 0 bridgehead atoms. The van der Waals surface area contributed by atoms with Gasteiger partial charge in [-0.3, -0.25) is 4.79 Å². The lowest BCUT2D eigenvalue weighted by Gasteiger charge is -2.32. The van der Waals surface area contributed by atoms with Crippen molar-refractivity contribution in [2.45, 2.75) is 32.1 Å². The Morgan fingerprint density at radius 3 is 2.53 bits per heavy atom. The minimum atomic E-state index is 0.268. The molecule has 0 aromatic heterocycles. The molecule has 0 aliphatic carbocycles. The first kappa shape index (κ1) is 14.1. The minimum Gasteiger partial charge on any atom is -0.343 e. The molecule has 104 valence electrons. The average molecular weight is 260 g/mol. The molecule has 1 aromatic carbocycles. The number of benzene rings is 1. The summed E-state index contributed by atoms with van der Waals surface area (Å²) in [6, 6.07) is 10.6. The van der Waals surface area contributed by atoms with Gasteiger partial charge in [0.1, 0.15) is 0 Å². The van der Waals surface area contributed by atoms with E-state index in [0.29, 0.717) is 24.8 Å². The lowest BCUT2D eigenvalue weighted by atomic mass is 9.89. The summed E-state index contributed by atoms with van der Waals surface area (Å²) in [5, 5.41) is 0. The standard InChI is InChI=1S/C16H24N2O/c1-13(12-17)11-16(19)18-9-7-15(8-10-18)14-5-3-2-4-6-14/h2-6,13,15H,7-12,17H2,1H3. The molecule has 0 spiro atoms. The first-order chi connectivity index (χ1) is 9.20. The molecule has 1 atom stereocenters. The molecule has 3 nitrogen and oxygen atoms in total. The van der Waals surface area contributed by atoms with E-state index in [-0.39, 0.29) is 5.91 Å². The number of amides is 1. The zero-order chi connectivity index (χ0) is 13.7. The molecule has 1 aliphatic heterocycles. The first-order valence-corrected chi connectivity index (χ1v) is 7.23. The highest BCUT2D eigenvalue weighted by Crippen LogP contribution is 2.28. The van der Waals surface area contributed by atoms with E-state index in [1.165, 1.54) is 5.56 Å². The van der Waals surface area contributed by atoms with E-state index in [2.05, 4.69) is 30.3 Å². The van der Waals surface area contributed by atoms with Gasteiger partial charge in [0.2, 0.25) is 5.91 Å². The van der Waals surface area contributed by atoms with Crippen LogP contribution in [0.15, 0.2) is 30.3 Å². The molecule has 1 fully saturated rings. The highest BCUT2D eigenvalue weighted by Gasteiger charge is 2.24. The van der Waals surface area contributed by atoms with Crippen LogP contribution in [0.4, 0.5) is 0 Å². The van der Waals surface area contributed by atoms with Crippen molar-refractivity contribution < 1.29 is 4.79 Å². The van der Waals surface area contributed by atoms with Crippen LogP contribution >= 0.6 is 0 Å².